The van der Waals surface area contributed by atoms with Crippen LogP contribution in [0.5, 0.6) is 0 Å². The van der Waals surface area contributed by atoms with Gasteiger partial charge in [-0.1, -0.05) is 0 Å². The molecule has 1 aliphatic rings. The molecule has 0 aliphatic carbocycles. The van der Waals surface area contributed by atoms with Crippen LogP contribution in [-0.4, -0.2) is 38.1 Å². The largest absolute Gasteiger partial charge is 0.317 e. The molecule has 0 atom stereocenters. The maximum absolute atomic E-state index is 3.44. The van der Waals surface area contributed by atoms with Gasteiger partial charge in [-0.25, -0.2) is 0 Å². The Labute approximate surface area is 115 Å². The monoisotopic (exact) mass is 266 g/mol. The van der Waals surface area contributed by atoms with Crippen LogP contribution in [0.4, 0.5) is 0 Å². The number of thiophene rings is 1. The Morgan fingerprint density at radius 1 is 1.33 bits per heavy atom. The van der Waals surface area contributed by atoms with Crippen molar-refractivity contribution < 1.29 is 0 Å². The van der Waals surface area contributed by atoms with E-state index in [-0.39, 0.29) is 0 Å². The first-order valence-corrected chi connectivity index (χ1v) is 8.06. The van der Waals surface area contributed by atoms with E-state index in [2.05, 4.69) is 35.6 Å². The average molecular weight is 266 g/mol. The molecular weight excluding hydrogens is 240 g/mol. The topological polar surface area (TPSA) is 15.3 Å². The van der Waals surface area contributed by atoms with Crippen LogP contribution in [0.3, 0.4) is 0 Å². The maximum atomic E-state index is 3.44. The first-order chi connectivity index (χ1) is 8.75. The number of aryl methyl sites for hydroxylation is 1. The second-order valence-electron chi connectivity index (χ2n) is 5.56. The van der Waals surface area contributed by atoms with E-state index >= 15 is 0 Å². The van der Waals surface area contributed by atoms with E-state index < -0.39 is 0 Å². The van der Waals surface area contributed by atoms with Crippen molar-refractivity contribution in [2.45, 2.75) is 32.6 Å². The number of piperidine rings is 1. The smallest absolute Gasteiger partial charge is 0.00871 e. The van der Waals surface area contributed by atoms with Crippen molar-refractivity contribution >= 4 is 11.3 Å². The van der Waals surface area contributed by atoms with Crippen molar-refractivity contribution in [3.63, 3.8) is 0 Å². The highest BCUT2D eigenvalue weighted by Gasteiger charge is 2.13. The molecule has 0 bridgehead atoms. The van der Waals surface area contributed by atoms with E-state index in [1.807, 2.05) is 11.3 Å². The van der Waals surface area contributed by atoms with E-state index in [1.54, 1.807) is 4.88 Å². The number of likely N-dealkylation sites (N-methyl/N-ethyl adjacent to an activating group) is 1. The lowest BCUT2D eigenvalue weighted by molar-refractivity contribution is 0.273. The van der Waals surface area contributed by atoms with Gasteiger partial charge in [0.15, 0.2) is 0 Å². The first kappa shape index (κ1) is 14.0. The van der Waals surface area contributed by atoms with Crippen molar-refractivity contribution in [2.24, 2.45) is 5.92 Å². The third-order valence-electron chi connectivity index (χ3n) is 4.07. The predicted octanol–water partition coefficient (Wildman–Crippen LogP) is 2.92. The van der Waals surface area contributed by atoms with Gasteiger partial charge in [0, 0.05) is 11.4 Å². The molecular formula is C15H26N2S. The number of nitrogens with zero attached hydrogens (tertiary/aromatic N) is 1. The molecule has 1 aromatic rings. The van der Waals surface area contributed by atoms with Crippen LogP contribution in [-0.2, 0) is 6.42 Å². The summed E-state index contributed by atoms with van der Waals surface area (Å²) in [6, 6.07) is 2.23. The minimum absolute atomic E-state index is 0.956. The predicted molar refractivity (Wildman–Crippen MR) is 80.5 cm³/mol. The van der Waals surface area contributed by atoms with E-state index in [1.165, 1.54) is 57.4 Å². The summed E-state index contributed by atoms with van der Waals surface area (Å²) in [6.45, 7) is 7.13. The lowest BCUT2D eigenvalue weighted by atomic mass is 9.94. The fourth-order valence-corrected chi connectivity index (χ4v) is 3.54. The summed E-state index contributed by atoms with van der Waals surface area (Å²) in [5.41, 5.74) is 1.46. The molecule has 3 heteroatoms. The van der Waals surface area contributed by atoms with Crippen molar-refractivity contribution in [2.75, 3.05) is 33.2 Å². The van der Waals surface area contributed by atoms with E-state index in [0.29, 0.717) is 0 Å². The molecule has 0 amide bonds. The summed E-state index contributed by atoms with van der Waals surface area (Å²) < 4.78 is 0. The Balaban J connectivity index is 1.62. The van der Waals surface area contributed by atoms with Crippen LogP contribution in [0, 0.1) is 12.8 Å². The molecule has 0 spiro atoms. The Bertz CT molecular complexity index is 342. The number of hydrogen-bond donors (Lipinski definition) is 1. The molecule has 1 saturated heterocycles. The molecule has 2 nitrogen and oxygen atoms in total. The van der Waals surface area contributed by atoms with Gasteiger partial charge in [-0.2, -0.15) is 0 Å². The van der Waals surface area contributed by atoms with E-state index in [0.717, 1.165) is 5.92 Å². The zero-order valence-corrected chi connectivity index (χ0v) is 12.6. The van der Waals surface area contributed by atoms with Crippen LogP contribution in [0.25, 0.3) is 0 Å². The van der Waals surface area contributed by atoms with Gasteiger partial charge in [0.1, 0.15) is 0 Å². The highest BCUT2D eigenvalue weighted by atomic mass is 32.1. The SMILES string of the molecule is Cc1ccsc1CCN(C)CCC1CCNCC1. The number of hydrogen-bond acceptors (Lipinski definition) is 3. The molecule has 18 heavy (non-hydrogen) atoms. The molecule has 1 fully saturated rings. The van der Waals surface area contributed by atoms with Crippen molar-refractivity contribution in [1.29, 1.82) is 0 Å². The molecule has 2 heterocycles. The Hall–Kier alpha value is -0.380. The summed E-state index contributed by atoms with van der Waals surface area (Å²) in [4.78, 5) is 4.06. The summed E-state index contributed by atoms with van der Waals surface area (Å²) in [7, 11) is 2.27. The Morgan fingerprint density at radius 3 is 2.78 bits per heavy atom. The standard InChI is InChI=1S/C15H26N2S/c1-13-7-12-18-15(13)6-11-17(2)10-5-14-3-8-16-9-4-14/h7,12,14,16H,3-6,8-11H2,1-2H3. The molecule has 0 saturated carbocycles. The van der Waals surface area contributed by atoms with Gasteiger partial charge in [-0.3, -0.25) is 0 Å². The molecule has 1 N–H and O–H groups in total. The molecule has 2 rings (SSSR count). The van der Waals surface area contributed by atoms with Gasteiger partial charge in [0.05, 0.1) is 0 Å². The molecule has 0 aromatic carbocycles. The summed E-state index contributed by atoms with van der Waals surface area (Å²) in [5.74, 6) is 0.956. The normalized spacial score (nSPS) is 17.5. The van der Waals surface area contributed by atoms with Crippen LogP contribution in [0.1, 0.15) is 29.7 Å². The molecule has 1 aliphatic heterocycles. The van der Waals surface area contributed by atoms with Crippen LogP contribution < -0.4 is 5.32 Å². The molecule has 1 aromatic heterocycles. The second kappa shape index (κ2) is 7.27. The van der Waals surface area contributed by atoms with Crippen molar-refractivity contribution in [3.8, 4) is 0 Å². The lowest BCUT2D eigenvalue weighted by Crippen LogP contribution is -2.30. The van der Waals surface area contributed by atoms with Crippen molar-refractivity contribution in [1.82, 2.24) is 10.2 Å². The van der Waals surface area contributed by atoms with Gasteiger partial charge in [-0.15, -0.1) is 11.3 Å². The van der Waals surface area contributed by atoms with Crippen molar-refractivity contribution in [3.05, 3.63) is 21.9 Å². The Morgan fingerprint density at radius 2 is 2.11 bits per heavy atom. The number of nitrogens with one attached hydrogen (secondary N) is 1. The van der Waals surface area contributed by atoms with Crippen LogP contribution in [0.2, 0.25) is 0 Å². The fraction of sp³-hybridized carbons (Fsp3) is 0.733. The van der Waals surface area contributed by atoms with Crippen LogP contribution >= 0.6 is 11.3 Å². The zero-order chi connectivity index (χ0) is 12.8. The fourth-order valence-electron chi connectivity index (χ4n) is 2.64. The Kier molecular flexibility index (Phi) is 5.67. The minimum atomic E-state index is 0.956. The summed E-state index contributed by atoms with van der Waals surface area (Å²) in [6.07, 6.45) is 5.34. The maximum Gasteiger partial charge on any atom is 0.00871 e. The zero-order valence-electron chi connectivity index (χ0n) is 11.7. The quantitative estimate of drug-likeness (QED) is 0.851. The lowest BCUT2D eigenvalue weighted by Gasteiger charge is -2.25. The van der Waals surface area contributed by atoms with Gasteiger partial charge < -0.3 is 10.2 Å². The summed E-state index contributed by atoms with van der Waals surface area (Å²) in [5, 5.41) is 5.65. The number of rotatable bonds is 6. The molecule has 0 unspecified atom stereocenters. The van der Waals surface area contributed by atoms with Gasteiger partial charge in [-0.05, 0) is 82.2 Å². The second-order valence-corrected chi connectivity index (χ2v) is 6.56. The van der Waals surface area contributed by atoms with Gasteiger partial charge in [0.2, 0.25) is 0 Å². The highest BCUT2D eigenvalue weighted by Crippen LogP contribution is 2.18. The third-order valence-corrected chi connectivity index (χ3v) is 5.15. The third kappa shape index (κ3) is 4.38. The van der Waals surface area contributed by atoms with E-state index in [9.17, 15) is 0 Å². The average Bonchev–Trinajstić information content (AvgIpc) is 2.81. The molecule has 0 radical (unpaired) electrons. The van der Waals surface area contributed by atoms with Gasteiger partial charge in [0.25, 0.3) is 0 Å². The van der Waals surface area contributed by atoms with Gasteiger partial charge >= 0.3 is 0 Å². The molecule has 102 valence electrons. The van der Waals surface area contributed by atoms with Crippen LogP contribution in [0.15, 0.2) is 11.4 Å². The highest BCUT2D eigenvalue weighted by molar-refractivity contribution is 7.10. The minimum Gasteiger partial charge on any atom is -0.317 e. The first-order valence-electron chi connectivity index (χ1n) is 7.18. The summed E-state index contributed by atoms with van der Waals surface area (Å²) >= 11 is 1.90. The van der Waals surface area contributed by atoms with E-state index in [4.69, 9.17) is 0 Å².